The fraction of sp³-hybridized carbons (Fsp3) is 0.304. The highest BCUT2D eigenvalue weighted by molar-refractivity contribution is 5.93. The number of benzene rings is 2. The highest BCUT2D eigenvalue weighted by atomic mass is 16.5. The van der Waals surface area contributed by atoms with Crippen LogP contribution >= 0.6 is 0 Å². The number of carbonyl (C=O) groups is 1. The summed E-state index contributed by atoms with van der Waals surface area (Å²) in [5.41, 5.74) is 3.84. The first-order valence-electron chi connectivity index (χ1n) is 9.72. The maximum Gasteiger partial charge on any atom is 0.336 e. The van der Waals surface area contributed by atoms with Crippen LogP contribution in [0, 0.1) is 13.8 Å². The second-order valence-electron chi connectivity index (χ2n) is 7.18. The zero-order valence-corrected chi connectivity index (χ0v) is 17.3. The van der Waals surface area contributed by atoms with Crippen LogP contribution in [0.15, 0.2) is 51.7 Å². The Morgan fingerprint density at radius 3 is 2.66 bits per heavy atom. The first-order chi connectivity index (χ1) is 13.9. The van der Waals surface area contributed by atoms with E-state index in [-0.39, 0.29) is 18.1 Å². The van der Waals surface area contributed by atoms with Crippen molar-refractivity contribution >= 4 is 22.6 Å². The molecule has 0 aliphatic rings. The molecular weight excluding hydrogens is 368 g/mol. The van der Waals surface area contributed by atoms with E-state index in [1.54, 1.807) is 13.2 Å². The maximum absolute atomic E-state index is 12.6. The topological polar surface area (TPSA) is 73.0 Å². The van der Waals surface area contributed by atoms with Crippen LogP contribution in [0.25, 0.3) is 11.0 Å². The summed E-state index contributed by atoms with van der Waals surface area (Å²) >= 11 is 0. The molecule has 3 aromatic rings. The number of anilines is 1. The van der Waals surface area contributed by atoms with Crippen molar-refractivity contribution in [3.05, 3.63) is 69.6 Å². The van der Waals surface area contributed by atoms with Crippen molar-refractivity contribution in [3.8, 4) is 5.75 Å². The van der Waals surface area contributed by atoms with Gasteiger partial charge in [-0.15, -0.1) is 0 Å². The Labute approximate surface area is 170 Å². The van der Waals surface area contributed by atoms with Crippen molar-refractivity contribution in [2.45, 2.75) is 27.3 Å². The molecule has 6 heteroatoms. The van der Waals surface area contributed by atoms with Gasteiger partial charge in [-0.1, -0.05) is 24.3 Å². The van der Waals surface area contributed by atoms with Gasteiger partial charge in [0, 0.05) is 17.0 Å². The molecule has 1 unspecified atom stereocenters. The number of rotatable bonds is 7. The number of carbonyl (C=O) groups excluding carboxylic acids is 1. The average molecular weight is 395 g/mol. The fourth-order valence-electron chi connectivity index (χ4n) is 3.42. The summed E-state index contributed by atoms with van der Waals surface area (Å²) in [6.07, 6.45) is 0. The van der Waals surface area contributed by atoms with Crippen LogP contribution in [-0.4, -0.2) is 26.1 Å². The van der Waals surface area contributed by atoms with Crippen molar-refractivity contribution < 1.29 is 18.8 Å². The lowest BCUT2D eigenvalue weighted by Crippen LogP contribution is -3.11. The summed E-state index contributed by atoms with van der Waals surface area (Å²) < 4.78 is 10.7. The third kappa shape index (κ3) is 4.66. The smallest absolute Gasteiger partial charge is 0.336 e. The van der Waals surface area contributed by atoms with Crippen LogP contribution in [0.4, 0.5) is 5.69 Å². The van der Waals surface area contributed by atoms with Gasteiger partial charge in [0.25, 0.3) is 5.91 Å². The summed E-state index contributed by atoms with van der Waals surface area (Å²) in [5.74, 6) is 0.516. The van der Waals surface area contributed by atoms with E-state index in [2.05, 4.69) is 5.32 Å². The Balaban J connectivity index is 1.80. The largest absolute Gasteiger partial charge is 0.495 e. The van der Waals surface area contributed by atoms with Crippen molar-refractivity contribution in [1.29, 1.82) is 0 Å². The van der Waals surface area contributed by atoms with Gasteiger partial charge >= 0.3 is 5.63 Å². The van der Waals surface area contributed by atoms with Gasteiger partial charge in [0.05, 0.1) is 19.3 Å². The predicted molar refractivity (Wildman–Crippen MR) is 114 cm³/mol. The summed E-state index contributed by atoms with van der Waals surface area (Å²) in [4.78, 5) is 25.7. The molecule has 1 aromatic heterocycles. The number of quaternary nitrogens is 1. The molecule has 0 radical (unpaired) electrons. The van der Waals surface area contributed by atoms with Gasteiger partial charge in [0.15, 0.2) is 6.54 Å². The minimum atomic E-state index is -0.366. The third-order valence-corrected chi connectivity index (χ3v) is 5.25. The van der Waals surface area contributed by atoms with Gasteiger partial charge in [0.1, 0.15) is 17.9 Å². The van der Waals surface area contributed by atoms with E-state index in [1.165, 1.54) is 6.07 Å². The lowest BCUT2D eigenvalue weighted by molar-refractivity contribution is -0.903. The normalized spacial score (nSPS) is 12.0. The molecule has 0 fully saturated rings. The standard InChI is InChI=1S/C23H26N2O4/c1-5-25(14-21(26)24-19-8-6-7-9-20(19)28-4)13-17-12-22(27)29-23-16(3)15(2)10-11-18(17)23/h6-12H,5,13-14H2,1-4H3,(H,24,26)/p+1. The molecule has 2 N–H and O–H groups in total. The van der Waals surface area contributed by atoms with E-state index >= 15 is 0 Å². The van der Waals surface area contributed by atoms with Gasteiger partial charge in [-0.2, -0.15) is 0 Å². The van der Waals surface area contributed by atoms with Crippen LogP contribution in [0.1, 0.15) is 23.6 Å². The van der Waals surface area contributed by atoms with Crippen LogP contribution in [-0.2, 0) is 11.3 Å². The minimum absolute atomic E-state index is 0.106. The predicted octanol–water partition coefficient (Wildman–Crippen LogP) is 2.46. The average Bonchev–Trinajstić information content (AvgIpc) is 2.70. The van der Waals surface area contributed by atoms with Crippen LogP contribution in [0.2, 0.25) is 0 Å². The molecule has 152 valence electrons. The summed E-state index contributed by atoms with van der Waals surface area (Å²) in [5, 5.41) is 3.83. The second kappa shape index (κ2) is 8.92. The first-order valence-corrected chi connectivity index (χ1v) is 9.72. The molecule has 3 rings (SSSR count). The number of nitrogens with one attached hydrogen (secondary N) is 2. The number of ether oxygens (including phenoxy) is 1. The van der Waals surface area contributed by atoms with Gasteiger partial charge < -0.3 is 19.4 Å². The Kier molecular flexibility index (Phi) is 6.34. The summed E-state index contributed by atoms with van der Waals surface area (Å²) in [6, 6.07) is 12.9. The molecule has 0 spiro atoms. The van der Waals surface area contributed by atoms with Crippen molar-refractivity contribution in [1.82, 2.24) is 0 Å². The van der Waals surface area contributed by atoms with Crippen molar-refractivity contribution in [2.75, 3.05) is 25.5 Å². The number of para-hydroxylation sites is 2. The number of hydrogen-bond donors (Lipinski definition) is 2. The highest BCUT2D eigenvalue weighted by Gasteiger charge is 2.18. The van der Waals surface area contributed by atoms with Crippen LogP contribution in [0.5, 0.6) is 5.75 Å². The molecule has 0 bridgehead atoms. The Bertz CT molecular complexity index is 1090. The zero-order chi connectivity index (χ0) is 21.0. The van der Waals surface area contributed by atoms with Gasteiger partial charge in [0.2, 0.25) is 0 Å². The summed E-state index contributed by atoms with van der Waals surface area (Å²) in [7, 11) is 1.57. The molecule has 1 amide bonds. The van der Waals surface area contributed by atoms with Gasteiger partial charge in [-0.3, -0.25) is 4.79 Å². The Hall–Kier alpha value is -3.12. The quantitative estimate of drug-likeness (QED) is 0.603. The summed E-state index contributed by atoms with van der Waals surface area (Å²) in [6.45, 7) is 7.55. The Morgan fingerprint density at radius 1 is 1.17 bits per heavy atom. The molecule has 0 aliphatic carbocycles. The second-order valence-corrected chi connectivity index (χ2v) is 7.18. The lowest BCUT2D eigenvalue weighted by Gasteiger charge is -2.19. The highest BCUT2D eigenvalue weighted by Crippen LogP contribution is 2.23. The molecule has 0 saturated carbocycles. The van der Waals surface area contributed by atoms with Crippen molar-refractivity contribution in [2.24, 2.45) is 0 Å². The van der Waals surface area contributed by atoms with E-state index in [0.717, 1.165) is 33.5 Å². The molecule has 0 saturated heterocycles. The van der Waals surface area contributed by atoms with Crippen LogP contribution < -0.4 is 20.6 Å². The molecule has 2 aromatic carbocycles. The van der Waals surface area contributed by atoms with Gasteiger partial charge in [-0.25, -0.2) is 4.79 Å². The van der Waals surface area contributed by atoms with E-state index in [9.17, 15) is 9.59 Å². The third-order valence-electron chi connectivity index (χ3n) is 5.25. The molecule has 1 atom stereocenters. The van der Waals surface area contributed by atoms with E-state index in [1.807, 2.05) is 51.1 Å². The monoisotopic (exact) mass is 395 g/mol. The SMILES string of the molecule is CC[NH+](CC(=O)Nc1ccccc1OC)Cc1cc(=O)oc2c(C)c(C)ccc12. The number of methoxy groups -OCH3 is 1. The molecular formula is C23H27N2O4+. The molecule has 0 aliphatic heterocycles. The van der Waals surface area contributed by atoms with Crippen molar-refractivity contribution in [3.63, 3.8) is 0 Å². The van der Waals surface area contributed by atoms with E-state index in [0.29, 0.717) is 23.6 Å². The zero-order valence-electron chi connectivity index (χ0n) is 17.3. The first kappa shape index (κ1) is 20.6. The Morgan fingerprint density at radius 2 is 1.93 bits per heavy atom. The van der Waals surface area contributed by atoms with Gasteiger partial charge in [-0.05, 0) is 44.0 Å². The number of aryl methyl sites for hydroxylation is 2. The number of fused-ring (bicyclic) bond motifs is 1. The maximum atomic E-state index is 12.6. The molecule has 1 heterocycles. The number of likely N-dealkylation sites (N-methyl/N-ethyl adjacent to an activating group) is 1. The molecule has 6 nitrogen and oxygen atoms in total. The molecule has 29 heavy (non-hydrogen) atoms. The minimum Gasteiger partial charge on any atom is -0.495 e. The van der Waals surface area contributed by atoms with Crippen LogP contribution in [0.3, 0.4) is 0 Å². The number of hydrogen-bond acceptors (Lipinski definition) is 4. The van der Waals surface area contributed by atoms with E-state index in [4.69, 9.17) is 9.15 Å². The van der Waals surface area contributed by atoms with E-state index < -0.39 is 0 Å². The lowest BCUT2D eigenvalue weighted by atomic mass is 10.0. The fourth-order valence-corrected chi connectivity index (χ4v) is 3.42. The number of amides is 1.